The van der Waals surface area contributed by atoms with Gasteiger partial charge in [-0.25, -0.2) is 0 Å². The summed E-state index contributed by atoms with van der Waals surface area (Å²) in [7, 11) is 0. The number of piperazine rings is 1. The van der Waals surface area contributed by atoms with Crippen LogP contribution < -0.4 is 10.6 Å². The molecular weight excluding hydrogens is 238 g/mol. The fraction of sp³-hybridized carbons (Fsp3) is 0.400. The number of hydrogen-bond donors (Lipinski definition) is 2. The number of amides is 1. The largest absolute Gasteiger partial charge is 0.351 e. The Kier molecular flexibility index (Phi) is 5.59. The van der Waals surface area contributed by atoms with Crippen LogP contribution in [0.2, 0.25) is 0 Å². The van der Waals surface area contributed by atoms with Crippen molar-refractivity contribution in [3.05, 3.63) is 42.0 Å². The summed E-state index contributed by atoms with van der Waals surface area (Å²) in [5.74, 6) is -0.0287. The molecule has 0 atom stereocenters. The summed E-state index contributed by atoms with van der Waals surface area (Å²) in [5.41, 5.74) is 1.04. The van der Waals surface area contributed by atoms with Gasteiger partial charge in [0.15, 0.2) is 0 Å². The number of carbonyl (C=O) groups excluding carboxylic acids is 1. The van der Waals surface area contributed by atoms with Gasteiger partial charge in [0.25, 0.3) is 0 Å². The van der Waals surface area contributed by atoms with Crippen molar-refractivity contribution in [2.75, 3.05) is 39.3 Å². The summed E-state index contributed by atoms with van der Waals surface area (Å²) in [6.45, 7) is 5.85. The fourth-order valence-corrected chi connectivity index (χ4v) is 2.07. The summed E-state index contributed by atoms with van der Waals surface area (Å²) in [4.78, 5) is 14.0. The average molecular weight is 259 g/mol. The van der Waals surface area contributed by atoms with Gasteiger partial charge in [0.2, 0.25) is 5.91 Å². The van der Waals surface area contributed by atoms with Crippen LogP contribution in [0.25, 0.3) is 6.08 Å². The van der Waals surface area contributed by atoms with Crippen LogP contribution in [0.15, 0.2) is 36.4 Å². The van der Waals surface area contributed by atoms with E-state index in [1.165, 1.54) is 0 Å². The molecule has 0 aromatic heterocycles. The van der Waals surface area contributed by atoms with Crippen molar-refractivity contribution < 1.29 is 4.79 Å². The van der Waals surface area contributed by atoms with E-state index in [-0.39, 0.29) is 5.91 Å². The van der Waals surface area contributed by atoms with Crippen LogP contribution in [-0.4, -0.2) is 50.1 Å². The maximum Gasteiger partial charge on any atom is 0.244 e. The molecule has 4 heteroatoms. The van der Waals surface area contributed by atoms with Crippen LogP contribution in [0, 0.1) is 0 Å². The molecule has 0 bridgehead atoms. The van der Waals surface area contributed by atoms with Gasteiger partial charge < -0.3 is 10.6 Å². The summed E-state index contributed by atoms with van der Waals surface area (Å²) in [6, 6.07) is 9.84. The third kappa shape index (κ3) is 5.24. The van der Waals surface area contributed by atoms with Crippen LogP contribution in [0.4, 0.5) is 0 Å². The second kappa shape index (κ2) is 7.71. The van der Waals surface area contributed by atoms with Crippen molar-refractivity contribution in [2.45, 2.75) is 0 Å². The molecule has 0 unspecified atom stereocenters. The van der Waals surface area contributed by atoms with E-state index < -0.39 is 0 Å². The molecule has 1 aromatic carbocycles. The molecule has 2 N–H and O–H groups in total. The zero-order valence-corrected chi connectivity index (χ0v) is 11.1. The average Bonchev–Trinajstić information content (AvgIpc) is 2.47. The lowest BCUT2D eigenvalue weighted by Crippen LogP contribution is -2.46. The predicted octanol–water partition coefficient (Wildman–Crippen LogP) is 0.721. The van der Waals surface area contributed by atoms with Crippen molar-refractivity contribution in [1.29, 1.82) is 0 Å². The standard InChI is InChI=1S/C15H21N3O/c19-15(7-6-14-4-2-1-3-5-14)17-10-13-18-11-8-16-9-12-18/h1-7,16H,8-13H2,(H,17,19)/b7-6+. The lowest BCUT2D eigenvalue weighted by Gasteiger charge is -2.26. The molecule has 19 heavy (non-hydrogen) atoms. The van der Waals surface area contributed by atoms with Crippen molar-refractivity contribution in [2.24, 2.45) is 0 Å². The summed E-state index contributed by atoms with van der Waals surface area (Å²) < 4.78 is 0. The smallest absolute Gasteiger partial charge is 0.244 e. The molecule has 1 aromatic rings. The van der Waals surface area contributed by atoms with Crippen LogP contribution in [0.5, 0.6) is 0 Å². The Labute approximate surface area is 114 Å². The number of nitrogens with zero attached hydrogens (tertiary/aromatic N) is 1. The minimum atomic E-state index is -0.0287. The predicted molar refractivity (Wildman–Crippen MR) is 77.8 cm³/mol. The quantitative estimate of drug-likeness (QED) is 0.766. The van der Waals surface area contributed by atoms with E-state index in [2.05, 4.69) is 15.5 Å². The van der Waals surface area contributed by atoms with Crippen molar-refractivity contribution in [3.8, 4) is 0 Å². The topological polar surface area (TPSA) is 44.4 Å². The minimum Gasteiger partial charge on any atom is -0.351 e. The number of nitrogens with one attached hydrogen (secondary N) is 2. The number of hydrogen-bond acceptors (Lipinski definition) is 3. The zero-order chi connectivity index (χ0) is 13.3. The molecule has 1 amide bonds. The van der Waals surface area contributed by atoms with Crippen LogP contribution in [0.1, 0.15) is 5.56 Å². The lowest BCUT2D eigenvalue weighted by atomic mass is 10.2. The first-order valence-electron chi connectivity index (χ1n) is 6.78. The Morgan fingerprint density at radius 1 is 1.26 bits per heavy atom. The highest BCUT2D eigenvalue weighted by Crippen LogP contribution is 2.00. The van der Waals surface area contributed by atoms with Crippen molar-refractivity contribution in [3.63, 3.8) is 0 Å². The first-order chi connectivity index (χ1) is 9.34. The highest BCUT2D eigenvalue weighted by atomic mass is 16.1. The molecule has 102 valence electrons. The maximum absolute atomic E-state index is 11.6. The minimum absolute atomic E-state index is 0.0287. The van der Waals surface area contributed by atoms with Crippen molar-refractivity contribution in [1.82, 2.24) is 15.5 Å². The fourth-order valence-electron chi connectivity index (χ4n) is 2.07. The van der Waals surface area contributed by atoms with Gasteiger partial charge in [-0.1, -0.05) is 30.3 Å². The SMILES string of the molecule is O=C(/C=C/c1ccccc1)NCCN1CCNCC1. The highest BCUT2D eigenvalue weighted by Gasteiger charge is 2.08. The van der Waals surface area contributed by atoms with E-state index in [0.29, 0.717) is 6.54 Å². The number of rotatable bonds is 5. The third-order valence-corrected chi connectivity index (χ3v) is 3.16. The lowest BCUT2D eigenvalue weighted by molar-refractivity contribution is -0.116. The zero-order valence-electron chi connectivity index (χ0n) is 11.1. The molecule has 2 rings (SSSR count). The van der Waals surface area contributed by atoms with E-state index in [1.807, 2.05) is 36.4 Å². The monoisotopic (exact) mass is 259 g/mol. The Hall–Kier alpha value is -1.65. The van der Waals surface area contributed by atoms with E-state index in [0.717, 1.165) is 38.3 Å². The molecule has 0 aliphatic carbocycles. The summed E-state index contributed by atoms with van der Waals surface area (Å²) >= 11 is 0. The Morgan fingerprint density at radius 2 is 2.00 bits per heavy atom. The van der Waals surface area contributed by atoms with Gasteiger partial charge in [0, 0.05) is 45.3 Å². The molecular formula is C15H21N3O. The first kappa shape index (κ1) is 13.8. The molecule has 0 saturated carbocycles. The van der Waals surface area contributed by atoms with Crippen molar-refractivity contribution >= 4 is 12.0 Å². The van der Waals surface area contributed by atoms with Crippen LogP contribution in [-0.2, 0) is 4.79 Å². The Balaban J connectivity index is 1.65. The third-order valence-electron chi connectivity index (χ3n) is 3.16. The molecule has 0 spiro atoms. The number of benzene rings is 1. The Bertz CT molecular complexity index is 411. The highest BCUT2D eigenvalue weighted by molar-refractivity contribution is 5.91. The van der Waals surface area contributed by atoms with E-state index in [4.69, 9.17) is 0 Å². The second-order valence-corrected chi connectivity index (χ2v) is 4.63. The van der Waals surface area contributed by atoms with Gasteiger partial charge in [-0.3, -0.25) is 9.69 Å². The van der Waals surface area contributed by atoms with Crippen LogP contribution >= 0.6 is 0 Å². The molecule has 1 saturated heterocycles. The van der Waals surface area contributed by atoms with Gasteiger partial charge >= 0.3 is 0 Å². The van der Waals surface area contributed by atoms with Gasteiger partial charge in [0.05, 0.1) is 0 Å². The normalized spacial score (nSPS) is 16.6. The molecule has 1 fully saturated rings. The van der Waals surface area contributed by atoms with E-state index >= 15 is 0 Å². The summed E-state index contributed by atoms with van der Waals surface area (Å²) in [5, 5.41) is 6.22. The molecule has 1 aliphatic heterocycles. The second-order valence-electron chi connectivity index (χ2n) is 4.63. The van der Waals surface area contributed by atoms with Gasteiger partial charge in [-0.15, -0.1) is 0 Å². The van der Waals surface area contributed by atoms with Crippen LogP contribution in [0.3, 0.4) is 0 Å². The van der Waals surface area contributed by atoms with Gasteiger partial charge in [0.1, 0.15) is 0 Å². The van der Waals surface area contributed by atoms with Gasteiger partial charge in [-0.05, 0) is 11.6 Å². The molecule has 4 nitrogen and oxygen atoms in total. The number of carbonyl (C=O) groups is 1. The summed E-state index contributed by atoms with van der Waals surface area (Å²) in [6.07, 6.45) is 3.42. The Morgan fingerprint density at radius 3 is 2.74 bits per heavy atom. The molecule has 1 heterocycles. The van der Waals surface area contributed by atoms with E-state index in [1.54, 1.807) is 6.08 Å². The molecule has 1 aliphatic rings. The first-order valence-corrected chi connectivity index (χ1v) is 6.78. The van der Waals surface area contributed by atoms with E-state index in [9.17, 15) is 4.79 Å². The maximum atomic E-state index is 11.6. The van der Waals surface area contributed by atoms with Gasteiger partial charge in [-0.2, -0.15) is 0 Å². The molecule has 0 radical (unpaired) electrons.